The third-order valence-electron chi connectivity index (χ3n) is 5.10. The van der Waals surface area contributed by atoms with Gasteiger partial charge in [0.2, 0.25) is 0 Å². The standard InChI is InChI=1S/C24H18INOS/c25-22-16-15-21(28-22)23-26-20-14-8-7-13-19(20)24(27-23,17-9-3-1-4-10-17)18-11-5-2-6-12-18/h1-16,23,26H/t23-/m0/s1. The second kappa shape index (κ2) is 7.35. The van der Waals surface area contributed by atoms with E-state index in [2.05, 4.69) is 113 Å². The molecular formula is C24H18INOS. The molecule has 0 bridgehead atoms. The van der Waals surface area contributed by atoms with Crippen LogP contribution in [0.1, 0.15) is 27.8 Å². The van der Waals surface area contributed by atoms with Crippen molar-refractivity contribution in [2.75, 3.05) is 5.32 Å². The Labute approximate surface area is 182 Å². The maximum absolute atomic E-state index is 6.97. The van der Waals surface area contributed by atoms with E-state index in [0.717, 1.165) is 22.4 Å². The largest absolute Gasteiger partial charge is 0.355 e. The summed E-state index contributed by atoms with van der Waals surface area (Å²) in [6, 6.07) is 33.8. The maximum Gasteiger partial charge on any atom is 0.165 e. The van der Waals surface area contributed by atoms with Crippen molar-refractivity contribution in [3.05, 3.63) is 122 Å². The highest BCUT2D eigenvalue weighted by Gasteiger charge is 2.45. The van der Waals surface area contributed by atoms with Crippen molar-refractivity contribution in [3.8, 4) is 0 Å². The first-order valence-electron chi connectivity index (χ1n) is 9.17. The molecule has 4 heteroatoms. The predicted molar refractivity (Wildman–Crippen MR) is 124 cm³/mol. The zero-order valence-electron chi connectivity index (χ0n) is 15.0. The minimum absolute atomic E-state index is 0.219. The summed E-state index contributed by atoms with van der Waals surface area (Å²) in [5.74, 6) is 0. The van der Waals surface area contributed by atoms with Gasteiger partial charge in [-0.2, -0.15) is 0 Å². The van der Waals surface area contributed by atoms with E-state index in [1.54, 1.807) is 11.3 Å². The molecule has 2 nitrogen and oxygen atoms in total. The lowest BCUT2D eigenvalue weighted by Gasteiger charge is -2.44. The lowest BCUT2D eigenvalue weighted by molar-refractivity contribution is -0.0416. The van der Waals surface area contributed by atoms with Crippen LogP contribution in [0, 0.1) is 2.88 Å². The summed E-state index contributed by atoms with van der Waals surface area (Å²) in [5, 5.41) is 3.61. The van der Waals surface area contributed by atoms with E-state index >= 15 is 0 Å². The fraction of sp³-hybridized carbons (Fsp3) is 0.0833. The van der Waals surface area contributed by atoms with E-state index in [1.807, 2.05) is 12.1 Å². The number of benzene rings is 3. The Kier molecular flexibility index (Phi) is 4.70. The molecule has 1 aliphatic heterocycles. The molecule has 1 N–H and O–H groups in total. The van der Waals surface area contributed by atoms with Gasteiger partial charge in [-0.3, -0.25) is 0 Å². The number of fused-ring (bicyclic) bond motifs is 1. The fourth-order valence-corrected chi connectivity index (χ4v) is 5.54. The van der Waals surface area contributed by atoms with Crippen LogP contribution in [0.3, 0.4) is 0 Å². The first-order chi connectivity index (χ1) is 13.8. The molecule has 0 spiro atoms. The van der Waals surface area contributed by atoms with Crippen molar-refractivity contribution in [2.45, 2.75) is 11.8 Å². The first-order valence-corrected chi connectivity index (χ1v) is 11.1. The summed E-state index contributed by atoms with van der Waals surface area (Å²) >= 11 is 4.12. The SMILES string of the molecule is Ic1ccc([C@H]2Nc3ccccc3C(c3ccccc3)(c3ccccc3)O2)s1. The van der Waals surface area contributed by atoms with E-state index in [0.29, 0.717) is 0 Å². The van der Waals surface area contributed by atoms with Crippen LogP contribution >= 0.6 is 33.9 Å². The summed E-state index contributed by atoms with van der Waals surface area (Å²) in [5.41, 5.74) is 3.83. The molecule has 0 fully saturated rings. The van der Waals surface area contributed by atoms with E-state index < -0.39 is 5.60 Å². The molecule has 1 aliphatic rings. The lowest BCUT2D eigenvalue weighted by Crippen LogP contribution is -2.40. The molecule has 0 radical (unpaired) electrons. The molecule has 1 atom stereocenters. The minimum Gasteiger partial charge on any atom is -0.355 e. The highest BCUT2D eigenvalue weighted by molar-refractivity contribution is 14.1. The Morgan fingerprint density at radius 3 is 1.96 bits per heavy atom. The Morgan fingerprint density at radius 1 is 0.750 bits per heavy atom. The number of hydrogen-bond acceptors (Lipinski definition) is 3. The van der Waals surface area contributed by atoms with Crippen LogP contribution in [-0.2, 0) is 10.3 Å². The Bertz CT molecular complexity index is 1050. The van der Waals surface area contributed by atoms with Gasteiger partial charge >= 0.3 is 0 Å². The van der Waals surface area contributed by atoms with E-state index in [-0.39, 0.29) is 6.23 Å². The van der Waals surface area contributed by atoms with E-state index in [4.69, 9.17) is 4.74 Å². The molecule has 2 heterocycles. The van der Waals surface area contributed by atoms with Crippen LogP contribution in [0.4, 0.5) is 5.69 Å². The molecule has 0 saturated carbocycles. The predicted octanol–water partition coefficient (Wildman–Crippen LogP) is 6.79. The number of ether oxygens (including phenoxy) is 1. The molecule has 3 aromatic carbocycles. The highest BCUT2D eigenvalue weighted by Crippen LogP contribution is 2.50. The zero-order valence-corrected chi connectivity index (χ0v) is 18.0. The smallest absolute Gasteiger partial charge is 0.165 e. The number of nitrogens with one attached hydrogen (secondary N) is 1. The number of thiophene rings is 1. The van der Waals surface area contributed by atoms with Crippen LogP contribution in [0.5, 0.6) is 0 Å². The molecule has 0 aliphatic carbocycles. The monoisotopic (exact) mass is 495 g/mol. The van der Waals surface area contributed by atoms with Crippen LogP contribution in [0.15, 0.2) is 97.1 Å². The summed E-state index contributed by atoms with van der Waals surface area (Å²) in [6.45, 7) is 0. The topological polar surface area (TPSA) is 21.3 Å². The van der Waals surface area contributed by atoms with Crippen molar-refractivity contribution >= 4 is 39.6 Å². The Hall–Kier alpha value is -2.15. The number of hydrogen-bond donors (Lipinski definition) is 1. The van der Waals surface area contributed by atoms with E-state index in [9.17, 15) is 0 Å². The lowest BCUT2D eigenvalue weighted by atomic mass is 9.78. The first kappa shape index (κ1) is 17.9. The van der Waals surface area contributed by atoms with Crippen molar-refractivity contribution in [3.63, 3.8) is 0 Å². The molecular weight excluding hydrogens is 477 g/mol. The van der Waals surface area contributed by atoms with Gasteiger partial charge in [0.05, 0.1) is 7.76 Å². The number of anilines is 1. The van der Waals surface area contributed by atoms with Gasteiger partial charge in [-0.1, -0.05) is 78.9 Å². The van der Waals surface area contributed by atoms with Crippen molar-refractivity contribution < 1.29 is 4.74 Å². The van der Waals surface area contributed by atoms with Gasteiger partial charge in [0.15, 0.2) is 6.23 Å². The van der Waals surface area contributed by atoms with Gasteiger partial charge in [0.25, 0.3) is 0 Å². The summed E-state index contributed by atoms with van der Waals surface area (Å²) in [4.78, 5) is 1.18. The van der Waals surface area contributed by atoms with E-state index in [1.165, 1.54) is 7.76 Å². The molecule has 0 unspecified atom stereocenters. The second-order valence-corrected chi connectivity index (χ2v) is 9.75. The maximum atomic E-state index is 6.97. The normalized spacial score (nSPS) is 17.5. The third-order valence-corrected chi connectivity index (χ3v) is 7.04. The van der Waals surface area contributed by atoms with Gasteiger partial charge in [0.1, 0.15) is 5.60 Å². The van der Waals surface area contributed by atoms with Gasteiger partial charge in [-0.05, 0) is 51.9 Å². The Morgan fingerprint density at radius 2 is 1.36 bits per heavy atom. The quantitative estimate of drug-likeness (QED) is 0.316. The summed E-state index contributed by atoms with van der Waals surface area (Å²) in [6.07, 6.45) is -0.219. The highest BCUT2D eigenvalue weighted by atomic mass is 127. The average Bonchev–Trinajstić information content (AvgIpc) is 3.20. The van der Waals surface area contributed by atoms with Gasteiger partial charge < -0.3 is 10.1 Å². The average molecular weight is 495 g/mol. The molecule has 4 aromatic rings. The molecule has 138 valence electrons. The number of para-hydroxylation sites is 1. The van der Waals surface area contributed by atoms with Gasteiger partial charge in [0, 0.05) is 11.3 Å². The molecule has 28 heavy (non-hydrogen) atoms. The van der Waals surface area contributed by atoms with Crippen LogP contribution < -0.4 is 5.32 Å². The minimum atomic E-state index is -0.676. The number of halogens is 1. The third kappa shape index (κ3) is 2.96. The molecule has 0 saturated heterocycles. The fourth-order valence-electron chi connectivity index (χ4n) is 3.88. The van der Waals surface area contributed by atoms with Crippen molar-refractivity contribution in [1.29, 1.82) is 0 Å². The zero-order chi connectivity index (χ0) is 19.0. The number of rotatable bonds is 3. The molecule has 0 amide bonds. The molecule has 1 aromatic heterocycles. The van der Waals surface area contributed by atoms with Crippen molar-refractivity contribution in [1.82, 2.24) is 0 Å². The van der Waals surface area contributed by atoms with Crippen molar-refractivity contribution in [2.24, 2.45) is 0 Å². The van der Waals surface area contributed by atoms with Crippen LogP contribution in [-0.4, -0.2) is 0 Å². The Balaban J connectivity index is 1.78. The summed E-state index contributed by atoms with van der Waals surface area (Å²) in [7, 11) is 0. The second-order valence-electron chi connectivity index (χ2n) is 6.74. The van der Waals surface area contributed by atoms with Crippen LogP contribution in [0.2, 0.25) is 0 Å². The molecule has 5 rings (SSSR count). The van der Waals surface area contributed by atoms with Gasteiger partial charge in [-0.15, -0.1) is 11.3 Å². The van der Waals surface area contributed by atoms with Crippen LogP contribution in [0.25, 0.3) is 0 Å². The van der Waals surface area contributed by atoms with Gasteiger partial charge in [-0.25, -0.2) is 0 Å². The summed E-state index contributed by atoms with van der Waals surface area (Å²) < 4.78 is 8.22.